The van der Waals surface area contributed by atoms with Crippen LogP contribution in [0.2, 0.25) is 0 Å². The van der Waals surface area contributed by atoms with E-state index in [0.29, 0.717) is 6.54 Å². The van der Waals surface area contributed by atoms with E-state index < -0.39 is 0 Å². The molecule has 162 valence electrons. The zero-order chi connectivity index (χ0) is 20.8. The lowest BCUT2D eigenvalue weighted by molar-refractivity contribution is -0.131. The number of nitrogens with one attached hydrogen (secondary N) is 1. The molecule has 0 aromatic heterocycles. The number of hydrogen-bond acceptors (Lipinski definition) is 4. The molecule has 1 N–H and O–H groups in total. The number of carbonyl (C=O) groups is 1. The van der Waals surface area contributed by atoms with Crippen molar-refractivity contribution in [3.63, 3.8) is 0 Å². The molecule has 2 saturated heterocycles. The van der Waals surface area contributed by atoms with Gasteiger partial charge in [-0.25, -0.2) is 0 Å². The number of piperazine rings is 1. The van der Waals surface area contributed by atoms with Gasteiger partial charge in [0.05, 0.1) is 6.54 Å². The SMILES string of the molecule is CN=C(NCc1cccc(N2CC=CC2)c1)N1CCN(CC(=O)N2CCCC2)CC1. The molecular weight excluding hydrogens is 376 g/mol. The summed E-state index contributed by atoms with van der Waals surface area (Å²) in [6, 6.07) is 8.72. The van der Waals surface area contributed by atoms with E-state index in [2.05, 4.69) is 61.4 Å². The third-order valence-corrected chi connectivity index (χ3v) is 6.25. The fourth-order valence-corrected chi connectivity index (χ4v) is 4.44. The molecule has 4 rings (SSSR count). The van der Waals surface area contributed by atoms with Crippen LogP contribution in [-0.4, -0.2) is 92.5 Å². The number of hydrogen-bond donors (Lipinski definition) is 1. The van der Waals surface area contributed by atoms with Crippen LogP contribution >= 0.6 is 0 Å². The lowest BCUT2D eigenvalue weighted by Gasteiger charge is -2.36. The number of likely N-dealkylation sites (tertiary alicyclic amines) is 1. The first-order chi connectivity index (χ1) is 14.7. The molecule has 1 aromatic carbocycles. The summed E-state index contributed by atoms with van der Waals surface area (Å²) in [4.78, 5) is 25.8. The van der Waals surface area contributed by atoms with Crippen LogP contribution in [0.4, 0.5) is 5.69 Å². The summed E-state index contributed by atoms with van der Waals surface area (Å²) in [5.41, 5.74) is 2.53. The molecule has 30 heavy (non-hydrogen) atoms. The van der Waals surface area contributed by atoms with Crippen LogP contribution in [0.5, 0.6) is 0 Å². The summed E-state index contributed by atoms with van der Waals surface area (Å²) in [7, 11) is 1.85. The van der Waals surface area contributed by atoms with Crippen molar-refractivity contribution >= 4 is 17.6 Å². The molecule has 3 heterocycles. The molecule has 7 heteroatoms. The maximum absolute atomic E-state index is 12.4. The molecule has 0 unspecified atom stereocenters. The van der Waals surface area contributed by atoms with Crippen LogP contribution in [0.25, 0.3) is 0 Å². The number of carbonyl (C=O) groups excluding carboxylic acids is 1. The van der Waals surface area contributed by atoms with Crippen LogP contribution in [-0.2, 0) is 11.3 Å². The Bertz CT molecular complexity index is 770. The summed E-state index contributed by atoms with van der Waals surface area (Å²) < 4.78 is 0. The molecule has 0 saturated carbocycles. The summed E-state index contributed by atoms with van der Waals surface area (Å²) in [5.74, 6) is 1.23. The lowest BCUT2D eigenvalue weighted by atomic mass is 10.2. The summed E-state index contributed by atoms with van der Waals surface area (Å²) in [6.45, 7) is 8.75. The van der Waals surface area contributed by atoms with E-state index in [1.165, 1.54) is 11.3 Å². The Morgan fingerprint density at radius 2 is 1.73 bits per heavy atom. The van der Waals surface area contributed by atoms with Crippen LogP contribution in [0, 0.1) is 0 Å². The summed E-state index contributed by atoms with van der Waals surface area (Å²) in [6.07, 6.45) is 6.73. The molecule has 7 nitrogen and oxygen atoms in total. The van der Waals surface area contributed by atoms with Crippen molar-refractivity contribution < 1.29 is 4.79 Å². The van der Waals surface area contributed by atoms with Gasteiger partial charge in [-0.1, -0.05) is 24.3 Å². The van der Waals surface area contributed by atoms with Crippen molar-refractivity contribution in [3.8, 4) is 0 Å². The van der Waals surface area contributed by atoms with Crippen molar-refractivity contribution in [3.05, 3.63) is 42.0 Å². The molecule has 1 amide bonds. The Morgan fingerprint density at radius 1 is 1.00 bits per heavy atom. The van der Waals surface area contributed by atoms with E-state index in [-0.39, 0.29) is 5.91 Å². The second-order valence-corrected chi connectivity index (χ2v) is 8.30. The Hall–Kier alpha value is -2.54. The standard InChI is InChI=1S/C23H34N6O/c1-24-23(25-18-20-7-6-8-21(17-20)27-9-2-3-10-27)29-15-13-26(14-16-29)19-22(30)28-11-4-5-12-28/h2-3,6-8,17H,4-5,9-16,18-19H2,1H3,(H,24,25). The molecule has 0 aliphatic carbocycles. The normalized spacial score (nSPS) is 20.3. The van der Waals surface area contributed by atoms with Crippen LogP contribution in [0.3, 0.4) is 0 Å². The Balaban J connectivity index is 1.24. The van der Waals surface area contributed by atoms with E-state index >= 15 is 0 Å². The lowest BCUT2D eigenvalue weighted by Crippen LogP contribution is -2.54. The number of rotatable bonds is 5. The van der Waals surface area contributed by atoms with Gasteiger partial charge in [-0.2, -0.15) is 0 Å². The minimum Gasteiger partial charge on any atom is -0.364 e. The van der Waals surface area contributed by atoms with Gasteiger partial charge in [-0.3, -0.25) is 14.7 Å². The van der Waals surface area contributed by atoms with Crippen molar-refractivity contribution in [2.75, 3.05) is 70.9 Å². The second-order valence-electron chi connectivity index (χ2n) is 8.30. The van der Waals surface area contributed by atoms with Crippen molar-refractivity contribution in [1.29, 1.82) is 0 Å². The molecule has 0 atom stereocenters. The van der Waals surface area contributed by atoms with Gasteiger partial charge < -0.3 is 20.0 Å². The maximum Gasteiger partial charge on any atom is 0.236 e. The zero-order valence-corrected chi connectivity index (χ0v) is 18.1. The van der Waals surface area contributed by atoms with E-state index in [1.807, 2.05) is 11.9 Å². The molecule has 2 fully saturated rings. The van der Waals surface area contributed by atoms with Crippen molar-refractivity contribution in [2.24, 2.45) is 4.99 Å². The first-order valence-electron chi connectivity index (χ1n) is 11.2. The first kappa shape index (κ1) is 20.7. The highest BCUT2D eigenvalue weighted by Crippen LogP contribution is 2.18. The average Bonchev–Trinajstić information content (AvgIpc) is 3.50. The predicted octanol–water partition coefficient (Wildman–Crippen LogP) is 1.38. The Kier molecular flexibility index (Phi) is 6.89. The van der Waals surface area contributed by atoms with E-state index in [0.717, 1.165) is 77.7 Å². The highest BCUT2D eigenvalue weighted by molar-refractivity contribution is 5.80. The maximum atomic E-state index is 12.4. The van der Waals surface area contributed by atoms with E-state index in [4.69, 9.17) is 0 Å². The average molecular weight is 411 g/mol. The minimum absolute atomic E-state index is 0.288. The topological polar surface area (TPSA) is 54.4 Å². The first-order valence-corrected chi connectivity index (χ1v) is 11.2. The molecule has 0 bridgehead atoms. The zero-order valence-electron chi connectivity index (χ0n) is 18.1. The fraction of sp³-hybridized carbons (Fsp3) is 0.565. The Morgan fingerprint density at radius 3 is 2.43 bits per heavy atom. The van der Waals surface area contributed by atoms with Gasteiger partial charge in [-0.15, -0.1) is 0 Å². The summed E-state index contributed by atoms with van der Waals surface area (Å²) >= 11 is 0. The molecule has 3 aliphatic heterocycles. The molecular formula is C23H34N6O. The molecule has 3 aliphatic rings. The van der Waals surface area contributed by atoms with E-state index in [1.54, 1.807) is 0 Å². The van der Waals surface area contributed by atoms with Gasteiger partial charge >= 0.3 is 0 Å². The van der Waals surface area contributed by atoms with Crippen molar-refractivity contribution in [1.82, 2.24) is 20.0 Å². The quantitative estimate of drug-likeness (QED) is 0.452. The molecule has 1 aromatic rings. The van der Waals surface area contributed by atoms with Gasteiger partial charge in [0.25, 0.3) is 0 Å². The number of guanidine groups is 1. The molecule has 0 spiro atoms. The Labute approximate surface area is 180 Å². The summed E-state index contributed by atoms with van der Waals surface area (Å²) in [5, 5.41) is 3.52. The van der Waals surface area contributed by atoms with Crippen LogP contribution in [0.1, 0.15) is 18.4 Å². The fourth-order valence-electron chi connectivity index (χ4n) is 4.44. The number of amides is 1. The minimum atomic E-state index is 0.288. The largest absolute Gasteiger partial charge is 0.364 e. The van der Waals surface area contributed by atoms with Crippen LogP contribution in [0.15, 0.2) is 41.4 Å². The van der Waals surface area contributed by atoms with Gasteiger partial charge in [-0.05, 0) is 30.5 Å². The highest BCUT2D eigenvalue weighted by atomic mass is 16.2. The van der Waals surface area contributed by atoms with Gasteiger partial charge in [0, 0.05) is 71.6 Å². The van der Waals surface area contributed by atoms with Gasteiger partial charge in [0.2, 0.25) is 5.91 Å². The van der Waals surface area contributed by atoms with Crippen molar-refractivity contribution in [2.45, 2.75) is 19.4 Å². The smallest absolute Gasteiger partial charge is 0.236 e. The second kappa shape index (κ2) is 9.98. The molecule has 0 radical (unpaired) electrons. The predicted molar refractivity (Wildman–Crippen MR) is 122 cm³/mol. The number of benzene rings is 1. The third kappa shape index (κ3) is 5.14. The third-order valence-electron chi connectivity index (χ3n) is 6.25. The monoisotopic (exact) mass is 410 g/mol. The number of anilines is 1. The van der Waals surface area contributed by atoms with Gasteiger partial charge in [0.1, 0.15) is 0 Å². The highest BCUT2D eigenvalue weighted by Gasteiger charge is 2.24. The number of nitrogens with zero attached hydrogens (tertiary/aromatic N) is 5. The van der Waals surface area contributed by atoms with Crippen LogP contribution < -0.4 is 10.2 Å². The number of aliphatic imine (C=N–C) groups is 1. The van der Waals surface area contributed by atoms with E-state index in [9.17, 15) is 4.79 Å². The van der Waals surface area contributed by atoms with Gasteiger partial charge in [0.15, 0.2) is 5.96 Å².